The third-order valence-corrected chi connectivity index (χ3v) is 2.32. The van der Waals surface area contributed by atoms with Gasteiger partial charge in [-0.2, -0.15) is 0 Å². The van der Waals surface area contributed by atoms with Crippen molar-refractivity contribution in [2.45, 2.75) is 0 Å². The zero-order chi connectivity index (χ0) is 13.0. The molecule has 2 heteroatoms. The van der Waals surface area contributed by atoms with Gasteiger partial charge in [0, 0.05) is 0 Å². The Balaban J connectivity index is 2.30. The van der Waals surface area contributed by atoms with Crippen LogP contribution in [0.4, 0.5) is 0 Å². The van der Waals surface area contributed by atoms with Gasteiger partial charge in [0.25, 0.3) is 0 Å². The van der Waals surface area contributed by atoms with Crippen molar-refractivity contribution in [3.8, 4) is 5.75 Å². The molecular formula is C15H12O2. The van der Waals surface area contributed by atoms with Gasteiger partial charge in [-0.25, -0.2) is 0 Å². The molecule has 0 unspecified atom stereocenters. The molecule has 0 spiro atoms. The van der Waals surface area contributed by atoms with E-state index in [-0.39, 0.29) is 17.4 Å². The number of carbonyl (C=O) groups is 1. The summed E-state index contributed by atoms with van der Waals surface area (Å²) in [6, 6.07) is 15.2. The maximum atomic E-state index is 12.0. The minimum atomic E-state index is -0.489. The van der Waals surface area contributed by atoms with E-state index in [9.17, 15) is 9.90 Å². The molecule has 0 saturated heterocycles. The lowest BCUT2D eigenvalue weighted by Crippen LogP contribution is -1.93. The van der Waals surface area contributed by atoms with Gasteiger partial charge in [-0.3, -0.25) is 4.79 Å². The molecule has 0 bridgehead atoms. The van der Waals surface area contributed by atoms with Gasteiger partial charge in [0.2, 0.25) is 0 Å². The fourth-order valence-electron chi connectivity index (χ4n) is 1.44. The molecule has 0 aliphatic heterocycles. The first-order valence-corrected chi connectivity index (χ1v) is 5.24. The highest BCUT2D eigenvalue weighted by atomic mass is 16.3. The Bertz CT molecular complexity index is 588. The number of rotatable bonds is 3. The number of phenolic OH excluding ortho intramolecular Hbond substituents is 1. The van der Waals surface area contributed by atoms with Gasteiger partial charge in [-0.05, 0) is 23.7 Å². The van der Waals surface area contributed by atoms with Gasteiger partial charge in [0.05, 0.1) is 6.93 Å². The van der Waals surface area contributed by atoms with Crippen LogP contribution in [-0.4, -0.2) is 10.9 Å². The van der Waals surface area contributed by atoms with E-state index in [1.54, 1.807) is 12.1 Å². The summed E-state index contributed by atoms with van der Waals surface area (Å²) in [4.78, 5) is 12.0. The molecule has 2 nitrogen and oxygen atoms in total. The number of carbonyl (C=O) groups excluding carboxylic acids is 1. The normalized spacial score (nSPS) is 12.0. The lowest BCUT2D eigenvalue weighted by atomic mass is 10.1. The zero-order valence-electron chi connectivity index (χ0n) is 10.1. The van der Waals surface area contributed by atoms with E-state index < -0.39 is 5.78 Å². The average molecular weight is 225 g/mol. The predicted octanol–water partition coefficient (Wildman–Crippen LogP) is 3.29. The number of aromatic hydroxyl groups is 1. The average Bonchev–Trinajstić information content (AvgIpc) is 2.39. The molecule has 0 aliphatic rings. The van der Waals surface area contributed by atoms with Crippen LogP contribution in [0.15, 0.2) is 60.6 Å². The van der Waals surface area contributed by atoms with Crippen molar-refractivity contribution in [2.75, 3.05) is 0 Å². The smallest absolute Gasteiger partial charge is 0.189 e. The predicted molar refractivity (Wildman–Crippen MR) is 67.9 cm³/mol. The second-order valence-corrected chi connectivity index (χ2v) is 3.55. The molecule has 2 aromatic carbocycles. The summed E-state index contributed by atoms with van der Waals surface area (Å²) in [6.07, 6.45) is 1.48. The molecule has 17 heavy (non-hydrogen) atoms. The fourth-order valence-corrected chi connectivity index (χ4v) is 1.44. The zero-order valence-corrected chi connectivity index (χ0v) is 9.13. The Kier molecular flexibility index (Phi) is 2.97. The summed E-state index contributed by atoms with van der Waals surface area (Å²) in [6.45, 7) is 0. The molecule has 0 aliphatic carbocycles. The number of para-hydroxylation sites is 1. The first-order valence-electron chi connectivity index (χ1n) is 5.74. The van der Waals surface area contributed by atoms with Gasteiger partial charge in [0.15, 0.2) is 5.78 Å². The van der Waals surface area contributed by atoms with Crippen LogP contribution in [0, 0.1) is 0 Å². The molecular weight excluding hydrogens is 212 g/mol. The monoisotopic (exact) mass is 225 g/mol. The summed E-state index contributed by atoms with van der Waals surface area (Å²) in [5.74, 6) is -0.592. The Morgan fingerprint density at radius 3 is 2.41 bits per heavy atom. The molecule has 0 amide bonds. The molecule has 2 rings (SSSR count). The molecule has 0 fully saturated rings. The Labute approximate surface area is 101 Å². The van der Waals surface area contributed by atoms with Crippen molar-refractivity contribution >= 4 is 11.9 Å². The van der Waals surface area contributed by atoms with Gasteiger partial charge in [-0.15, -0.1) is 0 Å². The highest BCUT2D eigenvalue weighted by Crippen LogP contribution is 2.16. The second-order valence-electron chi connectivity index (χ2n) is 3.55. The standard InChI is InChI=1S/C15H12O2/c16-14-9-5-4-8-13(14)15(17)11-10-12-6-2-1-3-7-12/h1-11,16H/b11-10+/i11D. The third-order valence-electron chi connectivity index (χ3n) is 2.32. The summed E-state index contributed by atoms with van der Waals surface area (Å²) in [5, 5.41) is 9.56. The van der Waals surface area contributed by atoms with Gasteiger partial charge < -0.3 is 5.11 Å². The highest BCUT2D eigenvalue weighted by Gasteiger charge is 2.05. The van der Waals surface area contributed by atoms with Crippen LogP contribution >= 0.6 is 0 Å². The Hall–Kier alpha value is -2.35. The van der Waals surface area contributed by atoms with E-state index in [2.05, 4.69) is 0 Å². The topological polar surface area (TPSA) is 37.3 Å². The van der Waals surface area contributed by atoms with E-state index in [4.69, 9.17) is 1.37 Å². The van der Waals surface area contributed by atoms with Crippen LogP contribution in [0.5, 0.6) is 5.75 Å². The number of phenols is 1. The van der Waals surface area contributed by atoms with Crippen molar-refractivity contribution in [3.63, 3.8) is 0 Å². The quantitative estimate of drug-likeness (QED) is 0.643. The third kappa shape index (κ3) is 2.82. The van der Waals surface area contributed by atoms with Crippen molar-refractivity contribution in [3.05, 3.63) is 71.8 Å². The lowest BCUT2D eigenvalue weighted by Gasteiger charge is -1.98. The first kappa shape index (κ1) is 9.85. The number of hydrogen-bond acceptors (Lipinski definition) is 2. The fraction of sp³-hybridized carbons (Fsp3) is 0. The van der Waals surface area contributed by atoms with E-state index in [1.165, 1.54) is 18.2 Å². The molecule has 0 saturated carbocycles. The van der Waals surface area contributed by atoms with Crippen LogP contribution in [0.1, 0.15) is 17.3 Å². The summed E-state index contributed by atoms with van der Waals surface area (Å²) < 4.78 is 7.75. The van der Waals surface area contributed by atoms with E-state index in [1.807, 2.05) is 30.3 Å². The van der Waals surface area contributed by atoms with Gasteiger partial charge >= 0.3 is 0 Å². The van der Waals surface area contributed by atoms with Crippen molar-refractivity contribution in [2.24, 2.45) is 0 Å². The van der Waals surface area contributed by atoms with Crippen molar-refractivity contribution in [1.29, 1.82) is 0 Å². The molecule has 2 aromatic rings. The van der Waals surface area contributed by atoms with Crippen LogP contribution in [0.2, 0.25) is 0 Å². The summed E-state index contributed by atoms with van der Waals surface area (Å²) >= 11 is 0. The van der Waals surface area contributed by atoms with Crippen LogP contribution in [0.3, 0.4) is 0 Å². The largest absolute Gasteiger partial charge is 0.507 e. The van der Waals surface area contributed by atoms with Crippen molar-refractivity contribution < 1.29 is 11.3 Å². The van der Waals surface area contributed by atoms with Crippen LogP contribution in [-0.2, 0) is 0 Å². The van der Waals surface area contributed by atoms with Crippen LogP contribution < -0.4 is 0 Å². The Morgan fingerprint density at radius 2 is 1.71 bits per heavy atom. The maximum Gasteiger partial charge on any atom is 0.189 e. The molecule has 0 aromatic heterocycles. The summed E-state index contributed by atoms with van der Waals surface area (Å²) in [5.41, 5.74) is 0.931. The lowest BCUT2D eigenvalue weighted by molar-refractivity contribution is 0.104. The minimum Gasteiger partial charge on any atom is -0.507 e. The van der Waals surface area contributed by atoms with E-state index in [0.717, 1.165) is 5.56 Å². The number of benzene rings is 2. The SMILES string of the molecule is [2H]/C(=C\c1ccccc1)C(=O)c1ccccc1O. The molecule has 0 radical (unpaired) electrons. The van der Waals surface area contributed by atoms with E-state index >= 15 is 0 Å². The van der Waals surface area contributed by atoms with E-state index in [0.29, 0.717) is 0 Å². The van der Waals surface area contributed by atoms with Gasteiger partial charge in [0.1, 0.15) is 5.75 Å². The summed E-state index contributed by atoms with van der Waals surface area (Å²) in [7, 11) is 0. The molecule has 0 heterocycles. The number of allylic oxidation sites excluding steroid dienone is 1. The first-order chi connectivity index (χ1) is 8.68. The minimum absolute atomic E-state index is 0.103. The molecule has 84 valence electrons. The number of hydrogen-bond donors (Lipinski definition) is 1. The van der Waals surface area contributed by atoms with Crippen LogP contribution in [0.25, 0.3) is 6.08 Å². The highest BCUT2D eigenvalue weighted by molar-refractivity contribution is 6.08. The molecule has 0 atom stereocenters. The maximum absolute atomic E-state index is 12.0. The van der Waals surface area contributed by atoms with Gasteiger partial charge in [-0.1, -0.05) is 48.5 Å². The van der Waals surface area contributed by atoms with Crippen molar-refractivity contribution in [1.82, 2.24) is 0 Å². The molecule has 1 N–H and O–H groups in total. The number of ketones is 1. The Morgan fingerprint density at radius 1 is 1.06 bits per heavy atom. The second kappa shape index (κ2) is 5.12.